The van der Waals surface area contributed by atoms with E-state index in [-0.39, 0.29) is 5.56 Å². The van der Waals surface area contributed by atoms with Gasteiger partial charge < -0.3 is 9.88 Å². The summed E-state index contributed by atoms with van der Waals surface area (Å²) in [6.45, 7) is 6.30. The molecule has 0 aromatic carbocycles. The van der Waals surface area contributed by atoms with Crippen LogP contribution in [0.3, 0.4) is 0 Å². The van der Waals surface area contributed by atoms with Crippen molar-refractivity contribution in [3.63, 3.8) is 0 Å². The zero-order valence-corrected chi connectivity index (χ0v) is 10.8. The van der Waals surface area contributed by atoms with Gasteiger partial charge in [0.2, 0.25) is 0 Å². The van der Waals surface area contributed by atoms with Crippen molar-refractivity contribution in [3.05, 3.63) is 34.7 Å². The molecule has 0 radical (unpaired) electrons. The average Bonchev–Trinajstić information content (AvgIpc) is 2.61. The Morgan fingerprint density at radius 3 is 2.94 bits per heavy atom. The minimum Gasteiger partial charge on any atom is -0.314 e. The minimum absolute atomic E-state index is 0.0843. The molecule has 0 spiro atoms. The summed E-state index contributed by atoms with van der Waals surface area (Å²) < 4.78 is 1.76. The lowest BCUT2D eigenvalue weighted by Gasteiger charge is -2.18. The van der Waals surface area contributed by atoms with Crippen molar-refractivity contribution in [3.8, 4) is 0 Å². The second-order valence-corrected chi connectivity index (χ2v) is 5.79. The van der Waals surface area contributed by atoms with Gasteiger partial charge >= 0.3 is 0 Å². The van der Waals surface area contributed by atoms with E-state index < -0.39 is 0 Å². The van der Waals surface area contributed by atoms with Gasteiger partial charge in [-0.25, -0.2) is 0 Å². The lowest BCUT2D eigenvalue weighted by atomic mass is 9.92. The number of nitrogens with zero attached hydrogens (tertiary/aromatic N) is 1. The fraction of sp³-hybridized carbons (Fsp3) is 0.643. The van der Waals surface area contributed by atoms with Crippen LogP contribution in [0.1, 0.15) is 33.1 Å². The molecule has 0 saturated heterocycles. The van der Waals surface area contributed by atoms with Gasteiger partial charge in [-0.05, 0) is 30.7 Å². The summed E-state index contributed by atoms with van der Waals surface area (Å²) in [4.78, 5) is 11.5. The first-order valence-electron chi connectivity index (χ1n) is 6.46. The fourth-order valence-corrected chi connectivity index (χ4v) is 2.64. The standard InChI is InChI=1S/C14H22N2O/c1-14(2)7-6-12(11-14)15-8-10-16-9-4-3-5-13(16)17/h3-5,9,12,15H,6-8,10-11H2,1-2H3. The summed E-state index contributed by atoms with van der Waals surface area (Å²) >= 11 is 0. The van der Waals surface area contributed by atoms with Crippen LogP contribution in [-0.4, -0.2) is 17.2 Å². The van der Waals surface area contributed by atoms with Gasteiger partial charge in [-0.15, -0.1) is 0 Å². The molecular formula is C14H22N2O. The smallest absolute Gasteiger partial charge is 0.250 e. The predicted octanol–water partition coefficient (Wildman–Crippen LogP) is 2.02. The second kappa shape index (κ2) is 5.05. The number of nitrogens with one attached hydrogen (secondary N) is 1. The third kappa shape index (κ3) is 3.43. The zero-order chi connectivity index (χ0) is 12.3. The predicted molar refractivity (Wildman–Crippen MR) is 70.1 cm³/mol. The highest BCUT2D eigenvalue weighted by Crippen LogP contribution is 2.36. The molecule has 94 valence electrons. The van der Waals surface area contributed by atoms with Crippen molar-refractivity contribution in [2.24, 2.45) is 5.41 Å². The maximum atomic E-state index is 11.5. The molecule has 1 aliphatic carbocycles. The van der Waals surface area contributed by atoms with Crippen LogP contribution >= 0.6 is 0 Å². The highest BCUT2D eigenvalue weighted by molar-refractivity contribution is 4.93. The van der Waals surface area contributed by atoms with Crippen LogP contribution in [0.4, 0.5) is 0 Å². The first-order chi connectivity index (χ1) is 8.07. The number of aromatic nitrogens is 1. The van der Waals surface area contributed by atoms with Crippen LogP contribution in [0.2, 0.25) is 0 Å². The molecule has 1 saturated carbocycles. The van der Waals surface area contributed by atoms with Gasteiger partial charge in [0, 0.05) is 31.4 Å². The number of hydrogen-bond donors (Lipinski definition) is 1. The topological polar surface area (TPSA) is 34.0 Å². The number of rotatable bonds is 4. The first-order valence-corrected chi connectivity index (χ1v) is 6.46. The molecule has 1 unspecified atom stereocenters. The van der Waals surface area contributed by atoms with E-state index in [1.807, 2.05) is 12.3 Å². The monoisotopic (exact) mass is 234 g/mol. The third-order valence-corrected chi connectivity index (χ3v) is 3.65. The summed E-state index contributed by atoms with van der Waals surface area (Å²) in [5.74, 6) is 0. The molecule has 1 aromatic rings. The van der Waals surface area contributed by atoms with E-state index in [1.165, 1.54) is 19.3 Å². The van der Waals surface area contributed by atoms with Crippen LogP contribution in [0.5, 0.6) is 0 Å². The Hall–Kier alpha value is -1.09. The van der Waals surface area contributed by atoms with Crippen LogP contribution in [0, 0.1) is 5.41 Å². The van der Waals surface area contributed by atoms with Gasteiger partial charge in [-0.3, -0.25) is 4.79 Å². The Morgan fingerprint density at radius 2 is 2.29 bits per heavy atom. The molecule has 3 nitrogen and oxygen atoms in total. The fourth-order valence-electron chi connectivity index (χ4n) is 2.64. The summed E-state index contributed by atoms with van der Waals surface area (Å²) in [5, 5.41) is 3.55. The molecule has 1 aromatic heterocycles. The van der Waals surface area contributed by atoms with Crippen molar-refractivity contribution < 1.29 is 0 Å². The summed E-state index contributed by atoms with van der Waals surface area (Å²) in [6.07, 6.45) is 5.66. The third-order valence-electron chi connectivity index (χ3n) is 3.65. The molecule has 2 rings (SSSR count). The second-order valence-electron chi connectivity index (χ2n) is 5.79. The molecule has 1 aliphatic rings. The van der Waals surface area contributed by atoms with Crippen molar-refractivity contribution in [1.82, 2.24) is 9.88 Å². The molecule has 3 heteroatoms. The SMILES string of the molecule is CC1(C)CCC(NCCn2ccccc2=O)C1. The van der Waals surface area contributed by atoms with Crippen molar-refractivity contribution in [2.45, 2.75) is 45.7 Å². The lowest BCUT2D eigenvalue weighted by Crippen LogP contribution is -2.32. The quantitative estimate of drug-likeness (QED) is 0.864. The van der Waals surface area contributed by atoms with Crippen LogP contribution in [0.25, 0.3) is 0 Å². The van der Waals surface area contributed by atoms with E-state index in [2.05, 4.69) is 19.2 Å². The molecule has 17 heavy (non-hydrogen) atoms. The summed E-state index contributed by atoms with van der Waals surface area (Å²) in [7, 11) is 0. The van der Waals surface area contributed by atoms with Crippen LogP contribution < -0.4 is 10.9 Å². The molecule has 0 aliphatic heterocycles. The highest BCUT2D eigenvalue weighted by atomic mass is 16.1. The van der Waals surface area contributed by atoms with Gasteiger partial charge in [0.15, 0.2) is 0 Å². The van der Waals surface area contributed by atoms with E-state index in [1.54, 1.807) is 16.7 Å². The molecule has 1 atom stereocenters. The molecule has 1 fully saturated rings. The van der Waals surface area contributed by atoms with Gasteiger partial charge in [-0.1, -0.05) is 19.9 Å². The Bertz CT molecular complexity index is 422. The molecule has 0 bridgehead atoms. The molecule has 0 amide bonds. The number of pyridine rings is 1. The number of hydrogen-bond acceptors (Lipinski definition) is 2. The normalized spacial score (nSPS) is 22.8. The van der Waals surface area contributed by atoms with Crippen LogP contribution in [0.15, 0.2) is 29.2 Å². The Kier molecular flexibility index (Phi) is 3.67. The maximum Gasteiger partial charge on any atom is 0.250 e. The van der Waals surface area contributed by atoms with Gasteiger partial charge in [-0.2, -0.15) is 0 Å². The maximum absolute atomic E-state index is 11.5. The van der Waals surface area contributed by atoms with Gasteiger partial charge in [0.1, 0.15) is 0 Å². The minimum atomic E-state index is 0.0843. The van der Waals surface area contributed by atoms with Gasteiger partial charge in [0.05, 0.1) is 0 Å². The molecule has 1 heterocycles. The van der Waals surface area contributed by atoms with Gasteiger partial charge in [0.25, 0.3) is 5.56 Å². The van der Waals surface area contributed by atoms with Crippen molar-refractivity contribution in [1.29, 1.82) is 0 Å². The Balaban J connectivity index is 1.78. The van der Waals surface area contributed by atoms with E-state index in [9.17, 15) is 4.79 Å². The summed E-state index contributed by atoms with van der Waals surface area (Å²) in [5.41, 5.74) is 0.572. The van der Waals surface area contributed by atoms with Crippen LogP contribution in [-0.2, 0) is 6.54 Å². The van der Waals surface area contributed by atoms with Crippen molar-refractivity contribution >= 4 is 0 Å². The van der Waals surface area contributed by atoms with E-state index >= 15 is 0 Å². The molecule has 1 N–H and O–H groups in total. The van der Waals surface area contributed by atoms with Crippen molar-refractivity contribution in [2.75, 3.05) is 6.54 Å². The van der Waals surface area contributed by atoms with E-state index in [0.717, 1.165) is 13.1 Å². The zero-order valence-electron chi connectivity index (χ0n) is 10.8. The molecular weight excluding hydrogens is 212 g/mol. The highest BCUT2D eigenvalue weighted by Gasteiger charge is 2.30. The lowest BCUT2D eigenvalue weighted by molar-refractivity contribution is 0.363. The first kappa shape index (κ1) is 12.4. The van der Waals surface area contributed by atoms with E-state index in [0.29, 0.717) is 11.5 Å². The Labute approximate surface area is 103 Å². The average molecular weight is 234 g/mol. The largest absolute Gasteiger partial charge is 0.314 e. The summed E-state index contributed by atoms with van der Waals surface area (Å²) in [6, 6.07) is 5.93. The van der Waals surface area contributed by atoms with E-state index in [4.69, 9.17) is 0 Å². The Morgan fingerprint density at radius 1 is 1.47 bits per heavy atom.